The number of hydrogen-bond donors (Lipinski definition) is 1. The molecule has 1 unspecified atom stereocenters. The van der Waals surface area contributed by atoms with Crippen molar-refractivity contribution in [3.63, 3.8) is 0 Å². The molecule has 1 atom stereocenters. The molecule has 0 bridgehead atoms. The Kier molecular flexibility index (Phi) is 3.71. The molecule has 0 aromatic rings. The van der Waals surface area contributed by atoms with Crippen molar-refractivity contribution in [1.29, 1.82) is 0 Å². The molecule has 0 aliphatic heterocycles. The summed E-state index contributed by atoms with van der Waals surface area (Å²) >= 11 is 0. The highest BCUT2D eigenvalue weighted by Gasteiger charge is 2.39. The van der Waals surface area contributed by atoms with E-state index in [4.69, 9.17) is 0 Å². The maximum Gasteiger partial charge on any atom is 0.0123 e. The highest BCUT2D eigenvalue weighted by molar-refractivity contribution is 4.94. The van der Waals surface area contributed by atoms with E-state index in [1.54, 1.807) is 0 Å². The van der Waals surface area contributed by atoms with Crippen molar-refractivity contribution in [2.24, 2.45) is 11.3 Å². The van der Waals surface area contributed by atoms with Gasteiger partial charge in [-0.2, -0.15) is 0 Å². The summed E-state index contributed by atoms with van der Waals surface area (Å²) in [6.45, 7) is 6.01. The van der Waals surface area contributed by atoms with Gasteiger partial charge in [0.2, 0.25) is 0 Å². The number of hydrogen-bond acceptors (Lipinski definition) is 1. The molecule has 88 valence electrons. The van der Waals surface area contributed by atoms with E-state index in [9.17, 15) is 0 Å². The molecular weight excluding hydrogens is 182 g/mol. The second-order valence-corrected chi connectivity index (χ2v) is 6.05. The van der Waals surface area contributed by atoms with Crippen LogP contribution in [-0.4, -0.2) is 12.6 Å². The Balaban J connectivity index is 1.89. The summed E-state index contributed by atoms with van der Waals surface area (Å²) in [4.78, 5) is 0. The minimum atomic E-state index is 0.623. The van der Waals surface area contributed by atoms with Crippen LogP contribution in [0.25, 0.3) is 0 Å². The molecule has 2 aliphatic carbocycles. The first kappa shape index (κ1) is 11.4. The van der Waals surface area contributed by atoms with Crippen LogP contribution in [0.3, 0.4) is 0 Å². The summed E-state index contributed by atoms with van der Waals surface area (Å²) in [5.41, 5.74) is 0.623. The molecule has 2 saturated carbocycles. The lowest BCUT2D eigenvalue weighted by atomic mass is 9.78. The Labute approximate surface area is 95.0 Å². The van der Waals surface area contributed by atoms with Crippen LogP contribution in [0.2, 0.25) is 0 Å². The zero-order valence-electron chi connectivity index (χ0n) is 10.5. The second kappa shape index (κ2) is 4.86. The molecule has 1 heteroatoms. The van der Waals surface area contributed by atoms with E-state index in [2.05, 4.69) is 19.2 Å². The molecule has 1 nitrogen and oxygen atoms in total. The van der Waals surface area contributed by atoms with Gasteiger partial charge in [-0.3, -0.25) is 0 Å². The molecule has 0 saturated heterocycles. The van der Waals surface area contributed by atoms with E-state index in [-0.39, 0.29) is 0 Å². The fourth-order valence-corrected chi connectivity index (χ4v) is 3.15. The molecule has 0 aromatic carbocycles. The van der Waals surface area contributed by atoms with Crippen molar-refractivity contribution < 1.29 is 0 Å². The van der Waals surface area contributed by atoms with Gasteiger partial charge in [-0.05, 0) is 43.6 Å². The summed E-state index contributed by atoms with van der Waals surface area (Å²) < 4.78 is 0. The molecule has 2 fully saturated rings. The number of rotatable bonds is 6. The highest BCUT2D eigenvalue weighted by atomic mass is 14.9. The Morgan fingerprint density at radius 1 is 1.27 bits per heavy atom. The van der Waals surface area contributed by atoms with E-state index in [1.807, 2.05) is 0 Å². The first-order chi connectivity index (χ1) is 7.24. The monoisotopic (exact) mass is 209 g/mol. The molecule has 2 rings (SSSR count). The van der Waals surface area contributed by atoms with Crippen molar-refractivity contribution in [1.82, 2.24) is 5.32 Å². The van der Waals surface area contributed by atoms with Crippen LogP contribution in [0.5, 0.6) is 0 Å². The minimum Gasteiger partial charge on any atom is -0.313 e. The van der Waals surface area contributed by atoms with Crippen LogP contribution >= 0.6 is 0 Å². The van der Waals surface area contributed by atoms with Crippen molar-refractivity contribution in [3.05, 3.63) is 0 Å². The molecule has 0 heterocycles. The maximum atomic E-state index is 3.82. The third-order valence-electron chi connectivity index (χ3n) is 4.49. The predicted molar refractivity (Wildman–Crippen MR) is 66.0 cm³/mol. The van der Waals surface area contributed by atoms with Gasteiger partial charge in [-0.1, -0.05) is 39.5 Å². The first-order valence-corrected chi connectivity index (χ1v) is 6.98. The molecule has 0 aromatic heterocycles. The average Bonchev–Trinajstić information content (AvgIpc) is 2.94. The third kappa shape index (κ3) is 2.96. The van der Waals surface area contributed by atoms with Gasteiger partial charge in [0.05, 0.1) is 0 Å². The van der Waals surface area contributed by atoms with Gasteiger partial charge in [0, 0.05) is 6.04 Å². The summed E-state index contributed by atoms with van der Waals surface area (Å²) in [5.74, 6) is 1.07. The first-order valence-electron chi connectivity index (χ1n) is 6.98. The van der Waals surface area contributed by atoms with Crippen LogP contribution in [0.4, 0.5) is 0 Å². The average molecular weight is 209 g/mol. The zero-order chi connectivity index (χ0) is 10.7. The van der Waals surface area contributed by atoms with Crippen molar-refractivity contribution in [2.75, 3.05) is 6.54 Å². The fourth-order valence-electron chi connectivity index (χ4n) is 3.15. The van der Waals surface area contributed by atoms with Crippen LogP contribution in [0.1, 0.15) is 65.2 Å². The van der Waals surface area contributed by atoms with Gasteiger partial charge < -0.3 is 5.32 Å². The third-order valence-corrected chi connectivity index (χ3v) is 4.49. The molecule has 1 N–H and O–H groups in total. The van der Waals surface area contributed by atoms with Gasteiger partial charge in [0.15, 0.2) is 0 Å². The summed E-state index contributed by atoms with van der Waals surface area (Å²) in [7, 11) is 0. The van der Waals surface area contributed by atoms with E-state index < -0.39 is 0 Å². The summed E-state index contributed by atoms with van der Waals surface area (Å²) in [5, 5.41) is 3.82. The van der Waals surface area contributed by atoms with Crippen molar-refractivity contribution in [2.45, 2.75) is 71.3 Å². The smallest absolute Gasteiger partial charge is 0.0123 e. The van der Waals surface area contributed by atoms with Crippen molar-refractivity contribution >= 4 is 0 Å². The number of nitrogens with one attached hydrogen (secondary N) is 1. The lowest BCUT2D eigenvalue weighted by molar-refractivity contribution is 0.203. The van der Waals surface area contributed by atoms with Crippen LogP contribution in [0, 0.1) is 11.3 Å². The van der Waals surface area contributed by atoms with Crippen LogP contribution in [-0.2, 0) is 0 Å². The topological polar surface area (TPSA) is 12.0 Å². The Hall–Kier alpha value is -0.0400. The van der Waals surface area contributed by atoms with Gasteiger partial charge in [0.25, 0.3) is 0 Å². The summed E-state index contributed by atoms with van der Waals surface area (Å²) in [6.07, 6.45) is 11.6. The van der Waals surface area contributed by atoms with Gasteiger partial charge in [-0.15, -0.1) is 0 Å². The van der Waals surface area contributed by atoms with E-state index in [0.717, 1.165) is 12.0 Å². The second-order valence-electron chi connectivity index (χ2n) is 6.05. The van der Waals surface area contributed by atoms with E-state index in [0.29, 0.717) is 5.41 Å². The van der Waals surface area contributed by atoms with Crippen LogP contribution in [0.15, 0.2) is 0 Å². The van der Waals surface area contributed by atoms with Crippen molar-refractivity contribution in [3.8, 4) is 0 Å². The van der Waals surface area contributed by atoms with E-state index >= 15 is 0 Å². The highest BCUT2D eigenvalue weighted by Crippen LogP contribution is 2.45. The van der Waals surface area contributed by atoms with Crippen LogP contribution < -0.4 is 5.32 Å². The fraction of sp³-hybridized carbons (Fsp3) is 1.00. The normalized spacial score (nSPS) is 26.8. The lowest BCUT2D eigenvalue weighted by Gasteiger charge is -2.35. The molecule has 15 heavy (non-hydrogen) atoms. The molecule has 2 aliphatic rings. The zero-order valence-corrected chi connectivity index (χ0v) is 10.5. The van der Waals surface area contributed by atoms with E-state index in [1.165, 1.54) is 57.9 Å². The molecule has 0 spiro atoms. The Bertz CT molecular complexity index is 190. The lowest BCUT2D eigenvalue weighted by Crippen LogP contribution is -2.42. The molecular formula is C14H27N. The molecule has 0 radical (unpaired) electrons. The maximum absolute atomic E-state index is 3.82. The van der Waals surface area contributed by atoms with Gasteiger partial charge in [0.1, 0.15) is 0 Å². The predicted octanol–water partition coefficient (Wildman–Crippen LogP) is 3.74. The summed E-state index contributed by atoms with van der Waals surface area (Å²) in [6, 6.07) is 0.812. The molecule has 0 amide bonds. The van der Waals surface area contributed by atoms with Gasteiger partial charge in [-0.25, -0.2) is 0 Å². The standard InChI is InChI=1S/C14H27N/c1-3-10-15-13(11-12-6-7-12)14(2)8-4-5-9-14/h12-13,15H,3-11H2,1-2H3. The quantitative estimate of drug-likeness (QED) is 0.703. The Morgan fingerprint density at radius 2 is 1.93 bits per heavy atom. The van der Waals surface area contributed by atoms with Gasteiger partial charge >= 0.3 is 0 Å². The SMILES string of the molecule is CCCNC(CC1CC1)C1(C)CCCC1. The Morgan fingerprint density at radius 3 is 2.47 bits per heavy atom. The minimum absolute atomic E-state index is 0.623. The largest absolute Gasteiger partial charge is 0.313 e.